The summed E-state index contributed by atoms with van der Waals surface area (Å²) in [6.07, 6.45) is 0. The molecule has 0 unspecified atom stereocenters. The van der Waals surface area contributed by atoms with Crippen LogP contribution in [0.2, 0.25) is 5.15 Å². The molecule has 0 aliphatic heterocycles. The lowest BCUT2D eigenvalue weighted by atomic mass is 10.2. The van der Waals surface area contributed by atoms with Crippen LogP contribution in [0.15, 0.2) is 24.3 Å². The molecule has 96 valence electrons. The van der Waals surface area contributed by atoms with E-state index in [1.54, 1.807) is 12.1 Å². The molecule has 1 aromatic carbocycles. The number of hydrogen-bond acceptors (Lipinski definition) is 6. The van der Waals surface area contributed by atoms with E-state index in [0.29, 0.717) is 16.6 Å². The lowest BCUT2D eigenvalue weighted by Gasteiger charge is -2.02. The maximum Gasteiger partial charge on any atom is 0.269 e. The fourth-order valence-corrected chi connectivity index (χ4v) is 2.30. The minimum Gasteiger partial charge on any atom is -0.357 e. The second kappa shape index (κ2) is 5.65. The zero-order valence-corrected chi connectivity index (χ0v) is 11.0. The van der Waals surface area contributed by atoms with Crippen LogP contribution in [0.25, 0.3) is 0 Å². The number of benzene rings is 1. The molecule has 8 heteroatoms. The number of nitrogens with zero attached hydrogens (tertiary/aromatic N) is 3. The van der Waals surface area contributed by atoms with Crippen molar-refractivity contribution in [1.29, 1.82) is 5.26 Å². The first kappa shape index (κ1) is 13.3. The summed E-state index contributed by atoms with van der Waals surface area (Å²) in [4.78, 5) is 14.4. The maximum absolute atomic E-state index is 10.5. The minimum absolute atomic E-state index is 0.0489. The van der Waals surface area contributed by atoms with E-state index >= 15 is 0 Å². The Balaban J connectivity index is 2.02. The molecule has 0 aliphatic carbocycles. The van der Waals surface area contributed by atoms with Crippen molar-refractivity contribution in [2.24, 2.45) is 0 Å². The molecule has 0 bridgehead atoms. The summed E-state index contributed by atoms with van der Waals surface area (Å²) < 4.78 is 0. The molecule has 0 saturated heterocycles. The predicted octanol–water partition coefficient (Wildman–Crippen LogP) is 3.19. The van der Waals surface area contributed by atoms with Crippen molar-refractivity contribution in [3.63, 3.8) is 0 Å². The molecule has 0 atom stereocenters. The fourth-order valence-electron chi connectivity index (χ4n) is 1.36. The second-order valence-corrected chi connectivity index (χ2v) is 4.88. The largest absolute Gasteiger partial charge is 0.357 e. The third kappa shape index (κ3) is 3.19. The summed E-state index contributed by atoms with van der Waals surface area (Å²) in [5.41, 5.74) is 0.920. The van der Waals surface area contributed by atoms with E-state index in [1.165, 1.54) is 12.1 Å². The summed E-state index contributed by atoms with van der Waals surface area (Å²) in [7, 11) is 0. The van der Waals surface area contributed by atoms with Crippen molar-refractivity contribution in [2.45, 2.75) is 6.54 Å². The van der Waals surface area contributed by atoms with E-state index in [2.05, 4.69) is 10.3 Å². The van der Waals surface area contributed by atoms with Crippen LogP contribution in [0.5, 0.6) is 0 Å². The SMILES string of the molecule is N#Cc1sc(NCc2ccc([N+](=O)[O-])cc2)nc1Cl. The van der Waals surface area contributed by atoms with Crippen LogP contribution in [-0.2, 0) is 6.54 Å². The zero-order chi connectivity index (χ0) is 13.8. The van der Waals surface area contributed by atoms with Gasteiger partial charge in [0.1, 0.15) is 10.9 Å². The summed E-state index contributed by atoms with van der Waals surface area (Å²) in [5.74, 6) is 0. The van der Waals surface area contributed by atoms with Crippen molar-refractivity contribution in [3.05, 3.63) is 50.0 Å². The Labute approximate surface area is 117 Å². The van der Waals surface area contributed by atoms with E-state index in [-0.39, 0.29) is 10.8 Å². The van der Waals surface area contributed by atoms with Crippen molar-refractivity contribution in [3.8, 4) is 6.07 Å². The highest BCUT2D eigenvalue weighted by molar-refractivity contribution is 7.16. The van der Waals surface area contributed by atoms with Crippen molar-refractivity contribution >= 4 is 33.8 Å². The van der Waals surface area contributed by atoms with Gasteiger partial charge in [0, 0.05) is 18.7 Å². The first-order valence-electron chi connectivity index (χ1n) is 5.14. The highest BCUT2D eigenvalue weighted by Gasteiger charge is 2.08. The lowest BCUT2D eigenvalue weighted by Crippen LogP contribution is -1.98. The van der Waals surface area contributed by atoms with Crippen LogP contribution in [0.3, 0.4) is 0 Å². The average molecular weight is 295 g/mol. The highest BCUT2D eigenvalue weighted by Crippen LogP contribution is 2.26. The summed E-state index contributed by atoms with van der Waals surface area (Å²) in [6.45, 7) is 0.451. The molecule has 0 radical (unpaired) electrons. The Kier molecular flexibility index (Phi) is 3.94. The summed E-state index contributed by atoms with van der Waals surface area (Å²) in [5, 5.41) is 23.0. The Morgan fingerprint density at radius 1 is 1.47 bits per heavy atom. The monoisotopic (exact) mass is 294 g/mol. The number of non-ortho nitro benzene ring substituents is 1. The third-order valence-electron chi connectivity index (χ3n) is 2.28. The topological polar surface area (TPSA) is 91.8 Å². The first-order valence-corrected chi connectivity index (χ1v) is 6.33. The normalized spacial score (nSPS) is 9.89. The van der Waals surface area contributed by atoms with E-state index < -0.39 is 4.92 Å². The number of nitro benzene ring substituents is 1. The highest BCUT2D eigenvalue weighted by atomic mass is 35.5. The Bertz CT molecular complexity index is 648. The third-order valence-corrected chi connectivity index (χ3v) is 3.58. The van der Waals surface area contributed by atoms with E-state index in [1.807, 2.05) is 6.07 Å². The van der Waals surface area contributed by atoms with Crippen molar-refractivity contribution in [2.75, 3.05) is 5.32 Å². The van der Waals surface area contributed by atoms with Gasteiger partial charge < -0.3 is 5.32 Å². The number of thiazole rings is 1. The number of aromatic nitrogens is 1. The second-order valence-electron chi connectivity index (χ2n) is 3.53. The van der Waals surface area contributed by atoms with Gasteiger partial charge in [-0.2, -0.15) is 5.26 Å². The van der Waals surface area contributed by atoms with E-state index in [0.717, 1.165) is 16.9 Å². The van der Waals surface area contributed by atoms with Gasteiger partial charge in [-0.15, -0.1) is 0 Å². The van der Waals surface area contributed by atoms with Gasteiger partial charge in [0.05, 0.1) is 4.92 Å². The van der Waals surface area contributed by atoms with Crippen LogP contribution in [-0.4, -0.2) is 9.91 Å². The van der Waals surface area contributed by atoms with Crippen LogP contribution in [0.1, 0.15) is 10.4 Å². The van der Waals surface area contributed by atoms with Crippen LogP contribution in [0.4, 0.5) is 10.8 Å². The number of halogens is 1. The van der Waals surface area contributed by atoms with E-state index in [9.17, 15) is 10.1 Å². The number of hydrogen-bond donors (Lipinski definition) is 1. The molecule has 6 nitrogen and oxygen atoms in total. The Hall–Kier alpha value is -2.17. The van der Waals surface area contributed by atoms with Gasteiger partial charge >= 0.3 is 0 Å². The predicted molar refractivity (Wildman–Crippen MR) is 72.3 cm³/mol. The number of nitriles is 1. The van der Waals surface area contributed by atoms with Gasteiger partial charge in [0.25, 0.3) is 5.69 Å². The van der Waals surface area contributed by atoms with Crippen LogP contribution < -0.4 is 5.32 Å². The summed E-state index contributed by atoms with van der Waals surface area (Å²) >= 11 is 6.91. The van der Waals surface area contributed by atoms with Gasteiger partial charge in [-0.05, 0) is 5.56 Å². The smallest absolute Gasteiger partial charge is 0.269 e. The molecular weight excluding hydrogens is 288 g/mol. The molecule has 0 spiro atoms. The minimum atomic E-state index is -0.447. The quantitative estimate of drug-likeness (QED) is 0.690. The molecule has 0 aliphatic rings. The van der Waals surface area contributed by atoms with Crippen molar-refractivity contribution in [1.82, 2.24) is 4.98 Å². The van der Waals surface area contributed by atoms with Gasteiger partial charge in [-0.3, -0.25) is 10.1 Å². The van der Waals surface area contributed by atoms with Crippen molar-refractivity contribution < 1.29 is 4.92 Å². The van der Waals surface area contributed by atoms with Crippen LogP contribution >= 0.6 is 22.9 Å². The average Bonchev–Trinajstić information content (AvgIpc) is 2.77. The number of nitrogens with one attached hydrogen (secondary N) is 1. The number of anilines is 1. The fraction of sp³-hybridized carbons (Fsp3) is 0.0909. The van der Waals surface area contributed by atoms with Gasteiger partial charge in [-0.25, -0.2) is 4.98 Å². The molecule has 0 amide bonds. The molecule has 1 N–H and O–H groups in total. The molecular formula is C11H7ClN4O2S. The maximum atomic E-state index is 10.5. The van der Waals surface area contributed by atoms with Gasteiger partial charge in [0.2, 0.25) is 0 Å². The molecule has 0 saturated carbocycles. The van der Waals surface area contributed by atoms with E-state index in [4.69, 9.17) is 16.9 Å². The Morgan fingerprint density at radius 3 is 2.68 bits per heavy atom. The molecule has 1 heterocycles. The van der Waals surface area contributed by atoms with Crippen LogP contribution in [0, 0.1) is 21.4 Å². The Morgan fingerprint density at radius 2 is 2.16 bits per heavy atom. The molecule has 1 aromatic heterocycles. The number of rotatable bonds is 4. The van der Waals surface area contributed by atoms with Gasteiger partial charge in [0.15, 0.2) is 10.3 Å². The molecule has 19 heavy (non-hydrogen) atoms. The number of nitro groups is 1. The first-order chi connectivity index (χ1) is 9.10. The zero-order valence-electron chi connectivity index (χ0n) is 9.46. The lowest BCUT2D eigenvalue weighted by molar-refractivity contribution is -0.384. The molecule has 2 aromatic rings. The summed E-state index contributed by atoms with van der Waals surface area (Å²) in [6, 6.07) is 8.13. The standard InChI is InChI=1S/C11H7ClN4O2S/c12-10-9(5-13)19-11(15-10)14-6-7-1-3-8(4-2-7)16(17)18/h1-4H,6H2,(H,14,15). The van der Waals surface area contributed by atoms with Gasteiger partial charge in [-0.1, -0.05) is 35.1 Å². The molecule has 2 rings (SSSR count). The molecule has 0 fully saturated rings.